The maximum absolute atomic E-state index is 11.2. The highest BCUT2D eigenvalue weighted by atomic mass is 16.4. The van der Waals surface area contributed by atoms with Gasteiger partial charge in [-0.3, -0.25) is 0 Å². The van der Waals surface area contributed by atoms with Crippen molar-refractivity contribution in [1.29, 1.82) is 0 Å². The number of aromatic amines is 1. The third-order valence-electron chi connectivity index (χ3n) is 3.62. The van der Waals surface area contributed by atoms with Gasteiger partial charge in [0, 0.05) is 11.6 Å². The number of imidazole rings is 1. The SMILES string of the molecule is O=C(O)c1cccc2[nH]c(Nc3cc4ccccc4cn3)nc12. The van der Waals surface area contributed by atoms with E-state index in [9.17, 15) is 9.90 Å². The van der Waals surface area contributed by atoms with Gasteiger partial charge in [-0.05, 0) is 23.6 Å². The molecule has 0 bridgehead atoms. The van der Waals surface area contributed by atoms with Crippen LogP contribution in [0.25, 0.3) is 21.8 Å². The van der Waals surface area contributed by atoms with Crippen LogP contribution in [0.2, 0.25) is 0 Å². The minimum atomic E-state index is -1.00. The molecule has 0 amide bonds. The van der Waals surface area contributed by atoms with Crippen LogP contribution in [0.3, 0.4) is 0 Å². The van der Waals surface area contributed by atoms with Gasteiger partial charge in [0.05, 0.1) is 11.1 Å². The third kappa shape index (κ3) is 2.36. The van der Waals surface area contributed by atoms with Crippen molar-refractivity contribution < 1.29 is 9.90 Å². The highest BCUT2D eigenvalue weighted by Crippen LogP contribution is 2.22. The van der Waals surface area contributed by atoms with E-state index in [-0.39, 0.29) is 5.56 Å². The van der Waals surface area contributed by atoms with Crippen LogP contribution < -0.4 is 5.32 Å². The molecular formula is C17H12N4O2. The quantitative estimate of drug-likeness (QED) is 0.538. The monoisotopic (exact) mass is 304 g/mol. The number of carbonyl (C=O) groups is 1. The Morgan fingerprint density at radius 1 is 1.09 bits per heavy atom. The first kappa shape index (κ1) is 13.3. The van der Waals surface area contributed by atoms with E-state index in [2.05, 4.69) is 20.3 Å². The number of aromatic carboxylic acids is 1. The first-order valence-corrected chi connectivity index (χ1v) is 7.04. The van der Waals surface area contributed by atoms with Crippen molar-refractivity contribution >= 4 is 39.5 Å². The van der Waals surface area contributed by atoms with Gasteiger partial charge in [-0.2, -0.15) is 0 Å². The van der Waals surface area contributed by atoms with Crippen LogP contribution in [-0.4, -0.2) is 26.0 Å². The Kier molecular flexibility index (Phi) is 2.94. The Morgan fingerprint density at radius 2 is 1.91 bits per heavy atom. The number of H-pyrrole nitrogens is 1. The molecule has 0 fully saturated rings. The van der Waals surface area contributed by atoms with Crippen LogP contribution in [0.1, 0.15) is 10.4 Å². The lowest BCUT2D eigenvalue weighted by Gasteiger charge is -2.03. The van der Waals surface area contributed by atoms with Crippen LogP contribution in [0, 0.1) is 0 Å². The third-order valence-corrected chi connectivity index (χ3v) is 3.62. The van der Waals surface area contributed by atoms with E-state index in [1.54, 1.807) is 18.3 Å². The number of hydrogen-bond donors (Lipinski definition) is 3. The molecule has 2 aromatic heterocycles. The van der Waals surface area contributed by atoms with Crippen molar-refractivity contribution in [2.45, 2.75) is 0 Å². The number of rotatable bonds is 3. The Bertz CT molecular complexity index is 1040. The van der Waals surface area contributed by atoms with Gasteiger partial charge >= 0.3 is 5.97 Å². The van der Waals surface area contributed by atoms with Gasteiger partial charge in [-0.25, -0.2) is 14.8 Å². The lowest BCUT2D eigenvalue weighted by Crippen LogP contribution is -1.97. The predicted molar refractivity (Wildman–Crippen MR) is 88.1 cm³/mol. The fraction of sp³-hybridized carbons (Fsp3) is 0. The Hall–Kier alpha value is -3.41. The Balaban J connectivity index is 1.74. The van der Waals surface area contributed by atoms with E-state index in [1.165, 1.54) is 6.07 Å². The highest BCUT2D eigenvalue weighted by molar-refractivity contribution is 6.01. The van der Waals surface area contributed by atoms with Gasteiger partial charge in [0.1, 0.15) is 11.3 Å². The van der Waals surface area contributed by atoms with Crippen molar-refractivity contribution in [3.63, 3.8) is 0 Å². The summed E-state index contributed by atoms with van der Waals surface area (Å²) in [6, 6.07) is 14.8. The Labute approximate surface area is 130 Å². The van der Waals surface area contributed by atoms with Crippen molar-refractivity contribution in [3.05, 3.63) is 60.3 Å². The van der Waals surface area contributed by atoms with Crippen LogP contribution in [0.4, 0.5) is 11.8 Å². The molecule has 4 aromatic rings. The summed E-state index contributed by atoms with van der Waals surface area (Å²) in [5.74, 6) is 0.0913. The minimum Gasteiger partial charge on any atom is -0.478 e. The average Bonchev–Trinajstić information content (AvgIpc) is 2.96. The second-order valence-electron chi connectivity index (χ2n) is 5.13. The van der Waals surface area contributed by atoms with E-state index in [1.807, 2.05) is 30.3 Å². The van der Waals surface area contributed by atoms with Gasteiger partial charge in [-0.15, -0.1) is 0 Å². The van der Waals surface area contributed by atoms with E-state index in [0.717, 1.165) is 10.8 Å². The lowest BCUT2D eigenvalue weighted by molar-refractivity contribution is 0.0699. The molecule has 23 heavy (non-hydrogen) atoms. The summed E-state index contributed by atoms with van der Waals surface area (Å²) >= 11 is 0. The smallest absolute Gasteiger partial charge is 0.337 e. The molecule has 0 spiro atoms. The van der Waals surface area contributed by atoms with Crippen LogP contribution in [0.15, 0.2) is 54.7 Å². The fourth-order valence-corrected chi connectivity index (χ4v) is 2.54. The normalized spacial score (nSPS) is 11.0. The molecule has 112 valence electrons. The van der Waals surface area contributed by atoms with Gasteiger partial charge < -0.3 is 15.4 Å². The number of nitrogens with zero attached hydrogens (tertiary/aromatic N) is 2. The molecule has 0 aliphatic carbocycles. The molecule has 3 N–H and O–H groups in total. The van der Waals surface area contributed by atoms with Crippen molar-refractivity contribution in [1.82, 2.24) is 15.0 Å². The van der Waals surface area contributed by atoms with Crippen LogP contribution in [-0.2, 0) is 0 Å². The lowest BCUT2D eigenvalue weighted by atomic mass is 10.2. The molecule has 0 unspecified atom stereocenters. The van der Waals surface area contributed by atoms with Crippen LogP contribution in [0.5, 0.6) is 0 Å². The first-order valence-electron chi connectivity index (χ1n) is 7.04. The van der Waals surface area contributed by atoms with Crippen LogP contribution >= 0.6 is 0 Å². The average molecular weight is 304 g/mol. The fourth-order valence-electron chi connectivity index (χ4n) is 2.54. The van der Waals surface area contributed by atoms with Gasteiger partial charge in [-0.1, -0.05) is 30.3 Å². The molecule has 4 rings (SSSR count). The number of fused-ring (bicyclic) bond motifs is 2. The number of benzene rings is 2. The summed E-state index contributed by atoms with van der Waals surface area (Å²) in [4.78, 5) is 23.0. The standard InChI is InChI=1S/C17H12N4O2/c22-16(23)12-6-3-7-13-15(12)21-17(19-13)20-14-8-10-4-1-2-5-11(10)9-18-14/h1-9H,(H,22,23)(H2,18,19,20,21). The molecule has 0 atom stereocenters. The number of nitrogens with one attached hydrogen (secondary N) is 2. The summed E-state index contributed by atoms with van der Waals surface area (Å²) in [6.45, 7) is 0. The number of pyridine rings is 1. The molecule has 0 radical (unpaired) electrons. The number of anilines is 2. The van der Waals surface area contributed by atoms with Crippen molar-refractivity contribution in [2.75, 3.05) is 5.32 Å². The maximum atomic E-state index is 11.2. The number of carboxylic acids is 1. The van der Waals surface area contributed by atoms with Crippen molar-refractivity contribution in [3.8, 4) is 0 Å². The largest absolute Gasteiger partial charge is 0.478 e. The summed E-state index contributed by atoms with van der Waals surface area (Å²) in [5.41, 5.74) is 1.25. The summed E-state index contributed by atoms with van der Waals surface area (Å²) in [7, 11) is 0. The molecule has 6 heteroatoms. The summed E-state index contributed by atoms with van der Waals surface area (Å²) in [5, 5.41) is 14.4. The molecule has 0 saturated carbocycles. The molecular weight excluding hydrogens is 292 g/mol. The summed E-state index contributed by atoms with van der Waals surface area (Å²) < 4.78 is 0. The minimum absolute atomic E-state index is 0.165. The van der Waals surface area contributed by atoms with Crippen molar-refractivity contribution in [2.24, 2.45) is 0 Å². The van der Waals surface area contributed by atoms with Gasteiger partial charge in [0.25, 0.3) is 0 Å². The zero-order chi connectivity index (χ0) is 15.8. The number of aromatic nitrogens is 3. The molecule has 0 aliphatic heterocycles. The second kappa shape index (κ2) is 5.10. The highest BCUT2D eigenvalue weighted by Gasteiger charge is 2.12. The van der Waals surface area contributed by atoms with Gasteiger partial charge in [0.2, 0.25) is 5.95 Å². The summed E-state index contributed by atoms with van der Waals surface area (Å²) in [6.07, 6.45) is 1.78. The van der Waals surface area contributed by atoms with E-state index in [4.69, 9.17) is 0 Å². The molecule has 2 aromatic carbocycles. The number of hydrogen-bond acceptors (Lipinski definition) is 4. The zero-order valence-corrected chi connectivity index (χ0v) is 11.9. The van der Waals surface area contributed by atoms with Gasteiger partial charge in [0.15, 0.2) is 0 Å². The first-order chi connectivity index (χ1) is 11.2. The number of carboxylic acid groups (broad SMARTS) is 1. The maximum Gasteiger partial charge on any atom is 0.337 e. The molecule has 0 saturated heterocycles. The molecule has 0 aliphatic rings. The second-order valence-corrected chi connectivity index (χ2v) is 5.13. The zero-order valence-electron chi connectivity index (χ0n) is 11.9. The Morgan fingerprint density at radius 3 is 2.74 bits per heavy atom. The van der Waals surface area contributed by atoms with E-state index in [0.29, 0.717) is 22.8 Å². The molecule has 2 heterocycles. The molecule has 6 nitrogen and oxygen atoms in total. The predicted octanol–water partition coefficient (Wildman–Crippen LogP) is 3.55. The van der Waals surface area contributed by atoms with E-state index >= 15 is 0 Å². The van der Waals surface area contributed by atoms with E-state index < -0.39 is 5.97 Å². The number of para-hydroxylation sites is 1. The topological polar surface area (TPSA) is 90.9 Å².